The summed E-state index contributed by atoms with van der Waals surface area (Å²) in [6, 6.07) is 8.74. The van der Waals surface area contributed by atoms with Gasteiger partial charge < -0.3 is 5.32 Å². The van der Waals surface area contributed by atoms with Crippen molar-refractivity contribution in [3.63, 3.8) is 0 Å². The lowest BCUT2D eigenvalue weighted by Gasteiger charge is -2.14. The molecule has 1 atom stereocenters. The van der Waals surface area contributed by atoms with Crippen LogP contribution in [0.15, 0.2) is 36.5 Å². The van der Waals surface area contributed by atoms with E-state index in [0.717, 1.165) is 11.3 Å². The Morgan fingerprint density at radius 3 is 2.88 bits per heavy atom. The molecule has 0 aliphatic carbocycles. The van der Waals surface area contributed by atoms with Gasteiger partial charge in [0.1, 0.15) is 5.82 Å². The molecule has 1 unspecified atom stereocenters. The van der Waals surface area contributed by atoms with Crippen LogP contribution in [0.3, 0.4) is 0 Å². The summed E-state index contributed by atoms with van der Waals surface area (Å²) in [7, 11) is 1.91. The van der Waals surface area contributed by atoms with Crippen molar-refractivity contribution in [2.45, 2.75) is 19.5 Å². The zero-order chi connectivity index (χ0) is 12.3. The summed E-state index contributed by atoms with van der Waals surface area (Å²) < 4.78 is 14.9. The molecule has 2 aromatic rings. The molecule has 0 amide bonds. The Bertz CT molecular complexity index is 493. The minimum absolute atomic E-state index is 0.112. The Labute approximate surface area is 100 Å². The molecular formula is C13H16FN3. The number of nitrogens with one attached hydrogen (secondary N) is 1. The van der Waals surface area contributed by atoms with E-state index in [2.05, 4.69) is 10.4 Å². The molecule has 17 heavy (non-hydrogen) atoms. The van der Waals surface area contributed by atoms with Gasteiger partial charge >= 0.3 is 0 Å². The number of hydrogen-bond donors (Lipinski definition) is 1. The molecule has 2 rings (SSSR count). The molecule has 4 heteroatoms. The minimum Gasteiger partial charge on any atom is -0.305 e. The number of rotatable bonds is 4. The molecule has 0 fully saturated rings. The first-order valence-corrected chi connectivity index (χ1v) is 5.62. The van der Waals surface area contributed by atoms with E-state index >= 15 is 0 Å². The highest BCUT2D eigenvalue weighted by atomic mass is 19.1. The monoisotopic (exact) mass is 233 g/mol. The molecule has 0 aliphatic rings. The van der Waals surface area contributed by atoms with Crippen molar-refractivity contribution in [1.29, 1.82) is 0 Å². The molecule has 0 saturated heterocycles. The Balaban J connectivity index is 1.98. The molecule has 1 N–H and O–H groups in total. The second-order valence-electron chi connectivity index (χ2n) is 4.10. The smallest absolute Gasteiger partial charge is 0.123 e. The summed E-state index contributed by atoms with van der Waals surface area (Å²) in [5.74, 6) is -0.198. The summed E-state index contributed by atoms with van der Waals surface area (Å²) in [5.41, 5.74) is 2.06. The molecule has 0 radical (unpaired) electrons. The van der Waals surface area contributed by atoms with Gasteiger partial charge in [0.25, 0.3) is 0 Å². The first-order chi connectivity index (χ1) is 8.16. The maximum absolute atomic E-state index is 13.1. The normalized spacial score (nSPS) is 12.6. The number of aromatic nitrogens is 2. The third kappa shape index (κ3) is 2.91. The topological polar surface area (TPSA) is 29.9 Å². The lowest BCUT2D eigenvalue weighted by atomic mass is 10.1. The van der Waals surface area contributed by atoms with E-state index in [-0.39, 0.29) is 11.9 Å². The second kappa shape index (κ2) is 5.10. The highest BCUT2D eigenvalue weighted by Crippen LogP contribution is 2.14. The summed E-state index contributed by atoms with van der Waals surface area (Å²) in [6.45, 7) is 2.74. The van der Waals surface area contributed by atoms with Crippen LogP contribution in [0.4, 0.5) is 4.39 Å². The van der Waals surface area contributed by atoms with Crippen molar-refractivity contribution in [1.82, 2.24) is 15.1 Å². The van der Waals surface area contributed by atoms with E-state index in [1.807, 2.05) is 30.8 Å². The average molecular weight is 233 g/mol. The first-order valence-electron chi connectivity index (χ1n) is 5.62. The molecule has 0 spiro atoms. The van der Waals surface area contributed by atoms with Crippen LogP contribution in [0.2, 0.25) is 0 Å². The molecule has 1 heterocycles. The van der Waals surface area contributed by atoms with Crippen LogP contribution in [0.5, 0.6) is 0 Å². The number of hydrogen-bond acceptors (Lipinski definition) is 2. The fourth-order valence-electron chi connectivity index (χ4n) is 1.73. The van der Waals surface area contributed by atoms with Crippen LogP contribution in [-0.4, -0.2) is 9.78 Å². The van der Waals surface area contributed by atoms with Crippen LogP contribution in [-0.2, 0) is 13.6 Å². The summed E-state index contributed by atoms with van der Waals surface area (Å²) >= 11 is 0. The van der Waals surface area contributed by atoms with Gasteiger partial charge in [0, 0.05) is 25.8 Å². The van der Waals surface area contributed by atoms with Gasteiger partial charge in [-0.25, -0.2) is 4.39 Å². The summed E-state index contributed by atoms with van der Waals surface area (Å²) in [5, 5.41) is 7.44. The molecular weight excluding hydrogens is 217 g/mol. The Hall–Kier alpha value is -1.68. The van der Waals surface area contributed by atoms with Crippen molar-refractivity contribution < 1.29 is 4.39 Å². The molecule has 1 aromatic carbocycles. The van der Waals surface area contributed by atoms with Crippen molar-refractivity contribution in [3.05, 3.63) is 53.6 Å². The maximum atomic E-state index is 13.1. The Kier molecular flexibility index (Phi) is 3.54. The van der Waals surface area contributed by atoms with Gasteiger partial charge in [-0.05, 0) is 30.7 Å². The van der Waals surface area contributed by atoms with Crippen LogP contribution in [0.1, 0.15) is 24.2 Å². The zero-order valence-electron chi connectivity index (χ0n) is 10.0. The van der Waals surface area contributed by atoms with Gasteiger partial charge in [-0.1, -0.05) is 12.1 Å². The maximum Gasteiger partial charge on any atom is 0.123 e. The summed E-state index contributed by atoms with van der Waals surface area (Å²) in [4.78, 5) is 0. The minimum atomic E-state index is -0.198. The third-order valence-electron chi connectivity index (χ3n) is 2.86. The predicted molar refractivity (Wildman–Crippen MR) is 64.9 cm³/mol. The highest BCUT2D eigenvalue weighted by molar-refractivity contribution is 5.19. The van der Waals surface area contributed by atoms with Crippen molar-refractivity contribution in [3.8, 4) is 0 Å². The summed E-state index contributed by atoms with van der Waals surface area (Å²) in [6.07, 6.45) is 1.77. The van der Waals surface area contributed by atoms with Gasteiger partial charge in [-0.15, -0.1) is 0 Å². The first kappa shape index (κ1) is 11.8. The molecule has 3 nitrogen and oxygen atoms in total. The molecule has 90 valence electrons. The molecule has 0 aliphatic heterocycles. The SMILES string of the molecule is CC(NCc1ccnn1C)c1cccc(F)c1. The quantitative estimate of drug-likeness (QED) is 0.878. The zero-order valence-corrected chi connectivity index (χ0v) is 10.0. The van der Waals surface area contributed by atoms with Crippen molar-refractivity contribution >= 4 is 0 Å². The van der Waals surface area contributed by atoms with Crippen LogP contribution in [0, 0.1) is 5.82 Å². The van der Waals surface area contributed by atoms with Crippen LogP contribution >= 0.6 is 0 Å². The fourth-order valence-corrected chi connectivity index (χ4v) is 1.73. The standard InChI is InChI=1S/C13H16FN3/c1-10(11-4-3-5-12(14)8-11)15-9-13-6-7-16-17(13)2/h3-8,10,15H,9H2,1-2H3. The van der Waals surface area contributed by atoms with E-state index in [1.165, 1.54) is 6.07 Å². The molecule has 0 saturated carbocycles. The van der Waals surface area contributed by atoms with Gasteiger partial charge in [0.15, 0.2) is 0 Å². The molecule has 1 aromatic heterocycles. The van der Waals surface area contributed by atoms with Gasteiger partial charge in [-0.3, -0.25) is 4.68 Å². The van der Waals surface area contributed by atoms with Crippen molar-refractivity contribution in [2.75, 3.05) is 0 Å². The van der Waals surface area contributed by atoms with E-state index in [0.29, 0.717) is 6.54 Å². The third-order valence-corrected chi connectivity index (χ3v) is 2.86. The lowest BCUT2D eigenvalue weighted by Crippen LogP contribution is -2.19. The van der Waals surface area contributed by atoms with E-state index in [9.17, 15) is 4.39 Å². The number of nitrogens with zero attached hydrogens (tertiary/aromatic N) is 2. The average Bonchev–Trinajstić information content (AvgIpc) is 2.72. The second-order valence-corrected chi connectivity index (χ2v) is 4.10. The Morgan fingerprint density at radius 1 is 1.41 bits per heavy atom. The van der Waals surface area contributed by atoms with Crippen molar-refractivity contribution in [2.24, 2.45) is 7.05 Å². The molecule has 0 bridgehead atoms. The largest absolute Gasteiger partial charge is 0.305 e. The Morgan fingerprint density at radius 2 is 2.24 bits per heavy atom. The van der Waals surface area contributed by atoms with Crippen LogP contribution in [0.25, 0.3) is 0 Å². The number of benzene rings is 1. The van der Waals surface area contributed by atoms with E-state index in [4.69, 9.17) is 0 Å². The van der Waals surface area contributed by atoms with Gasteiger partial charge in [-0.2, -0.15) is 5.10 Å². The fraction of sp³-hybridized carbons (Fsp3) is 0.308. The lowest BCUT2D eigenvalue weighted by molar-refractivity contribution is 0.543. The highest BCUT2D eigenvalue weighted by Gasteiger charge is 2.06. The number of halogens is 1. The van der Waals surface area contributed by atoms with E-state index in [1.54, 1.807) is 18.3 Å². The van der Waals surface area contributed by atoms with Gasteiger partial charge in [0.2, 0.25) is 0 Å². The van der Waals surface area contributed by atoms with Gasteiger partial charge in [0.05, 0.1) is 5.69 Å². The predicted octanol–water partition coefficient (Wildman–Crippen LogP) is 2.41. The van der Waals surface area contributed by atoms with Crippen LogP contribution < -0.4 is 5.32 Å². The van der Waals surface area contributed by atoms with E-state index < -0.39 is 0 Å². The number of aryl methyl sites for hydroxylation is 1.